The van der Waals surface area contributed by atoms with Gasteiger partial charge in [0.15, 0.2) is 0 Å². The van der Waals surface area contributed by atoms with Gasteiger partial charge in [-0.1, -0.05) is 11.6 Å². The molecule has 1 aliphatic carbocycles. The summed E-state index contributed by atoms with van der Waals surface area (Å²) in [6.45, 7) is 1.02. The Kier molecular flexibility index (Phi) is 1.98. The van der Waals surface area contributed by atoms with Crippen LogP contribution in [0, 0.1) is 5.92 Å². The van der Waals surface area contributed by atoms with Gasteiger partial charge < -0.3 is 9.84 Å². The Morgan fingerprint density at radius 3 is 3.13 bits per heavy atom. The van der Waals surface area contributed by atoms with Crippen LogP contribution in [0.4, 0.5) is 0 Å². The van der Waals surface area contributed by atoms with Crippen molar-refractivity contribution in [1.29, 1.82) is 0 Å². The van der Waals surface area contributed by atoms with Gasteiger partial charge in [-0.3, -0.25) is 0 Å². The van der Waals surface area contributed by atoms with E-state index < -0.39 is 0 Å². The normalized spacial score (nSPS) is 32.3. The fraction of sp³-hybridized carbons (Fsp3) is 0.500. The second-order valence-electron chi connectivity index (χ2n) is 4.48. The molecule has 1 spiro atoms. The van der Waals surface area contributed by atoms with Crippen LogP contribution in [0.2, 0.25) is 5.02 Å². The van der Waals surface area contributed by atoms with Gasteiger partial charge >= 0.3 is 0 Å². The summed E-state index contributed by atoms with van der Waals surface area (Å²) in [4.78, 5) is 0. The molecule has 0 saturated heterocycles. The molecule has 0 aromatic heterocycles. The van der Waals surface area contributed by atoms with Crippen LogP contribution in [-0.2, 0) is 5.41 Å². The molecule has 2 aliphatic rings. The van der Waals surface area contributed by atoms with Crippen LogP contribution in [0.1, 0.15) is 18.4 Å². The zero-order chi connectivity index (χ0) is 10.5. The second kappa shape index (κ2) is 3.13. The number of halogens is 1. The van der Waals surface area contributed by atoms with E-state index in [2.05, 4.69) is 0 Å². The molecule has 1 aromatic rings. The van der Waals surface area contributed by atoms with Crippen LogP contribution in [0.5, 0.6) is 5.75 Å². The van der Waals surface area contributed by atoms with Gasteiger partial charge in [-0.2, -0.15) is 0 Å². The lowest BCUT2D eigenvalue weighted by atomic mass is 9.88. The lowest BCUT2D eigenvalue weighted by Crippen LogP contribution is -2.22. The van der Waals surface area contributed by atoms with E-state index in [1.807, 2.05) is 18.2 Å². The van der Waals surface area contributed by atoms with E-state index in [4.69, 9.17) is 16.3 Å². The highest BCUT2D eigenvalue weighted by Crippen LogP contribution is 2.60. The van der Waals surface area contributed by atoms with Gasteiger partial charge in [0.1, 0.15) is 5.75 Å². The largest absolute Gasteiger partial charge is 0.493 e. The minimum atomic E-state index is 0.160. The molecule has 1 heterocycles. The molecule has 0 radical (unpaired) electrons. The maximum Gasteiger partial charge on any atom is 0.123 e. The van der Waals surface area contributed by atoms with E-state index in [1.165, 1.54) is 5.56 Å². The summed E-state index contributed by atoms with van der Waals surface area (Å²) < 4.78 is 5.61. The summed E-state index contributed by atoms with van der Waals surface area (Å²) >= 11 is 6.00. The Balaban J connectivity index is 2.07. The number of hydrogen-bond donors (Lipinski definition) is 1. The molecule has 1 fully saturated rings. The molecule has 1 saturated carbocycles. The monoisotopic (exact) mass is 224 g/mol. The molecule has 3 heteroatoms. The third kappa shape index (κ3) is 1.28. The summed E-state index contributed by atoms with van der Waals surface area (Å²) in [6, 6.07) is 5.78. The first kappa shape index (κ1) is 9.49. The fourth-order valence-electron chi connectivity index (χ4n) is 2.75. The Morgan fingerprint density at radius 1 is 1.53 bits per heavy atom. The molecule has 1 N–H and O–H groups in total. The van der Waals surface area contributed by atoms with E-state index in [1.54, 1.807) is 0 Å². The third-order valence-corrected chi connectivity index (χ3v) is 3.97. The first-order valence-electron chi connectivity index (χ1n) is 5.30. The topological polar surface area (TPSA) is 29.5 Å². The van der Waals surface area contributed by atoms with Crippen LogP contribution in [0.25, 0.3) is 0 Å². The van der Waals surface area contributed by atoms with Crippen LogP contribution in [-0.4, -0.2) is 18.3 Å². The molecule has 1 aliphatic heterocycles. The average Bonchev–Trinajstić information content (AvgIpc) is 2.94. The lowest BCUT2D eigenvalue weighted by Gasteiger charge is -2.27. The highest BCUT2D eigenvalue weighted by atomic mass is 35.5. The molecule has 2 unspecified atom stereocenters. The number of aliphatic hydroxyl groups is 1. The molecule has 2 nitrogen and oxygen atoms in total. The summed E-state index contributed by atoms with van der Waals surface area (Å²) in [7, 11) is 0. The summed E-state index contributed by atoms with van der Waals surface area (Å²) in [5.74, 6) is 1.35. The number of hydrogen-bond acceptors (Lipinski definition) is 2. The van der Waals surface area contributed by atoms with Crippen LogP contribution in [0.3, 0.4) is 0 Å². The van der Waals surface area contributed by atoms with Crippen molar-refractivity contribution in [3.63, 3.8) is 0 Å². The first-order valence-corrected chi connectivity index (χ1v) is 5.68. The van der Waals surface area contributed by atoms with Crippen molar-refractivity contribution in [1.82, 2.24) is 0 Å². The summed E-state index contributed by atoms with van der Waals surface area (Å²) in [5, 5.41) is 10.00. The van der Waals surface area contributed by atoms with Crippen molar-refractivity contribution in [2.45, 2.75) is 18.3 Å². The molecule has 0 bridgehead atoms. The zero-order valence-corrected chi connectivity index (χ0v) is 9.13. The van der Waals surface area contributed by atoms with E-state index in [9.17, 15) is 5.11 Å². The number of rotatable bonds is 1. The van der Waals surface area contributed by atoms with Crippen molar-refractivity contribution in [2.24, 2.45) is 5.92 Å². The Bertz CT molecular complexity index is 405. The van der Waals surface area contributed by atoms with Crippen LogP contribution in [0.15, 0.2) is 18.2 Å². The molecule has 1 aromatic carbocycles. The predicted molar refractivity (Wildman–Crippen MR) is 58.4 cm³/mol. The number of aliphatic hydroxyl groups excluding tert-OH is 1. The molecule has 0 amide bonds. The highest BCUT2D eigenvalue weighted by Gasteiger charge is 2.57. The molecular formula is C12H13ClO2. The van der Waals surface area contributed by atoms with Crippen molar-refractivity contribution in [3.8, 4) is 5.75 Å². The summed E-state index contributed by atoms with van der Waals surface area (Å²) in [5.41, 5.74) is 1.35. The third-order valence-electron chi connectivity index (χ3n) is 3.74. The quantitative estimate of drug-likeness (QED) is 0.794. The molecule has 15 heavy (non-hydrogen) atoms. The summed E-state index contributed by atoms with van der Waals surface area (Å²) in [6.07, 6.45) is 2.08. The maximum atomic E-state index is 9.24. The Morgan fingerprint density at radius 2 is 2.40 bits per heavy atom. The molecule has 3 rings (SSSR count). The van der Waals surface area contributed by atoms with Crippen molar-refractivity contribution in [3.05, 3.63) is 28.8 Å². The fourth-order valence-corrected chi connectivity index (χ4v) is 2.92. The lowest BCUT2D eigenvalue weighted by molar-refractivity contribution is 0.224. The minimum absolute atomic E-state index is 0.160. The number of benzene rings is 1. The van der Waals surface area contributed by atoms with Gasteiger partial charge in [0.05, 0.1) is 6.61 Å². The van der Waals surface area contributed by atoms with Gasteiger partial charge in [-0.15, -0.1) is 0 Å². The standard InChI is InChI=1S/C12H13ClO2/c13-9-1-2-11-10(5-9)12(3-4-15-11)6-8(12)7-14/h1-2,5,8,14H,3-4,6-7H2. The van der Waals surface area contributed by atoms with Gasteiger partial charge in [0.25, 0.3) is 0 Å². The van der Waals surface area contributed by atoms with E-state index in [0.717, 1.165) is 30.2 Å². The number of ether oxygens (including phenoxy) is 1. The van der Waals surface area contributed by atoms with Crippen molar-refractivity contribution < 1.29 is 9.84 Å². The second-order valence-corrected chi connectivity index (χ2v) is 4.92. The smallest absolute Gasteiger partial charge is 0.123 e. The SMILES string of the molecule is OCC1CC12CCOc1ccc(Cl)cc12. The first-order chi connectivity index (χ1) is 7.26. The zero-order valence-electron chi connectivity index (χ0n) is 8.37. The van der Waals surface area contributed by atoms with Gasteiger partial charge in [0, 0.05) is 22.6 Å². The van der Waals surface area contributed by atoms with E-state index in [0.29, 0.717) is 5.92 Å². The molecular weight excluding hydrogens is 212 g/mol. The maximum absolute atomic E-state index is 9.24. The van der Waals surface area contributed by atoms with Gasteiger partial charge in [-0.05, 0) is 37.0 Å². The Hall–Kier alpha value is -0.730. The van der Waals surface area contributed by atoms with Crippen molar-refractivity contribution in [2.75, 3.05) is 13.2 Å². The van der Waals surface area contributed by atoms with E-state index in [-0.39, 0.29) is 12.0 Å². The van der Waals surface area contributed by atoms with Gasteiger partial charge in [0.2, 0.25) is 0 Å². The van der Waals surface area contributed by atoms with Crippen molar-refractivity contribution >= 4 is 11.6 Å². The van der Waals surface area contributed by atoms with Crippen LogP contribution >= 0.6 is 11.6 Å². The highest BCUT2D eigenvalue weighted by molar-refractivity contribution is 6.30. The molecule has 2 atom stereocenters. The average molecular weight is 225 g/mol. The van der Waals surface area contributed by atoms with E-state index >= 15 is 0 Å². The minimum Gasteiger partial charge on any atom is -0.493 e. The van der Waals surface area contributed by atoms with Gasteiger partial charge in [-0.25, -0.2) is 0 Å². The predicted octanol–water partition coefficient (Wildman–Crippen LogP) is 2.37. The van der Waals surface area contributed by atoms with Crippen LogP contribution < -0.4 is 4.74 Å². The Labute approximate surface area is 93.8 Å². The molecule has 80 valence electrons. The number of fused-ring (bicyclic) bond motifs is 2.